The van der Waals surface area contributed by atoms with E-state index in [9.17, 15) is 8.42 Å². The van der Waals surface area contributed by atoms with Crippen LogP contribution in [0.4, 0.5) is 0 Å². The third-order valence-corrected chi connectivity index (χ3v) is 6.73. The van der Waals surface area contributed by atoms with Gasteiger partial charge in [0.2, 0.25) is 10.0 Å². The van der Waals surface area contributed by atoms with E-state index in [1.54, 1.807) is 12.1 Å². The molecule has 158 valence electrons. The van der Waals surface area contributed by atoms with Crippen molar-refractivity contribution in [3.8, 4) is 0 Å². The lowest BCUT2D eigenvalue weighted by atomic mass is 10.2. The fourth-order valence-corrected chi connectivity index (χ4v) is 4.68. The molecular formula is C24H29N3O2S. The van der Waals surface area contributed by atoms with E-state index in [0.29, 0.717) is 37.5 Å². The first-order valence-corrected chi connectivity index (χ1v) is 11.6. The summed E-state index contributed by atoms with van der Waals surface area (Å²) >= 11 is 0. The fourth-order valence-electron chi connectivity index (χ4n) is 3.21. The first kappa shape index (κ1) is 22.2. The molecule has 0 fully saturated rings. The monoisotopic (exact) mass is 423 g/mol. The van der Waals surface area contributed by atoms with Gasteiger partial charge in [0.25, 0.3) is 0 Å². The van der Waals surface area contributed by atoms with Crippen LogP contribution >= 0.6 is 0 Å². The van der Waals surface area contributed by atoms with E-state index >= 15 is 0 Å². The molecule has 0 saturated heterocycles. The Morgan fingerprint density at radius 3 is 1.83 bits per heavy atom. The van der Waals surface area contributed by atoms with Crippen LogP contribution in [0.5, 0.6) is 0 Å². The van der Waals surface area contributed by atoms with Gasteiger partial charge in [-0.2, -0.15) is 4.31 Å². The highest BCUT2D eigenvalue weighted by Crippen LogP contribution is 2.19. The van der Waals surface area contributed by atoms with Crippen LogP contribution in [0.25, 0.3) is 0 Å². The summed E-state index contributed by atoms with van der Waals surface area (Å²) in [5, 5.41) is 3.39. The first-order chi connectivity index (χ1) is 14.6. The van der Waals surface area contributed by atoms with Crippen molar-refractivity contribution < 1.29 is 8.42 Å². The highest BCUT2D eigenvalue weighted by molar-refractivity contribution is 7.89. The number of hydrogen-bond donors (Lipinski definition) is 2. The Hall–Kier alpha value is -2.51. The second kappa shape index (κ2) is 11.0. The molecule has 0 aromatic heterocycles. The van der Waals surface area contributed by atoms with Crippen molar-refractivity contribution in [3.63, 3.8) is 0 Å². The van der Waals surface area contributed by atoms with Gasteiger partial charge in [-0.05, 0) is 41.8 Å². The second-order valence-electron chi connectivity index (χ2n) is 7.20. The van der Waals surface area contributed by atoms with Crippen LogP contribution in [-0.2, 0) is 29.7 Å². The van der Waals surface area contributed by atoms with Gasteiger partial charge in [0.1, 0.15) is 0 Å². The molecule has 30 heavy (non-hydrogen) atoms. The van der Waals surface area contributed by atoms with E-state index in [1.807, 2.05) is 60.7 Å². The van der Waals surface area contributed by atoms with E-state index < -0.39 is 10.0 Å². The molecule has 0 saturated carbocycles. The van der Waals surface area contributed by atoms with Gasteiger partial charge in [-0.3, -0.25) is 0 Å². The normalized spacial score (nSPS) is 11.7. The van der Waals surface area contributed by atoms with E-state index in [-0.39, 0.29) is 0 Å². The predicted octanol–water partition coefficient (Wildman–Crippen LogP) is 3.52. The summed E-state index contributed by atoms with van der Waals surface area (Å²) < 4.78 is 28.0. The van der Waals surface area contributed by atoms with Crippen LogP contribution in [0.15, 0.2) is 89.8 Å². The van der Waals surface area contributed by atoms with Crippen molar-refractivity contribution in [3.05, 3.63) is 102 Å². The van der Waals surface area contributed by atoms with E-state index in [1.165, 1.54) is 9.87 Å². The van der Waals surface area contributed by atoms with Crippen molar-refractivity contribution >= 4 is 10.0 Å². The lowest BCUT2D eigenvalue weighted by Crippen LogP contribution is -2.32. The van der Waals surface area contributed by atoms with E-state index in [2.05, 4.69) is 17.4 Å². The van der Waals surface area contributed by atoms with Crippen LogP contribution in [-0.4, -0.2) is 25.8 Å². The van der Waals surface area contributed by atoms with Crippen LogP contribution in [0, 0.1) is 0 Å². The van der Waals surface area contributed by atoms with Crippen LogP contribution < -0.4 is 11.1 Å². The maximum absolute atomic E-state index is 13.2. The largest absolute Gasteiger partial charge is 0.330 e. The summed E-state index contributed by atoms with van der Waals surface area (Å²) in [5.74, 6) is 0. The van der Waals surface area contributed by atoms with E-state index in [0.717, 1.165) is 17.7 Å². The van der Waals surface area contributed by atoms with Gasteiger partial charge in [0.15, 0.2) is 0 Å². The van der Waals surface area contributed by atoms with Crippen molar-refractivity contribution in [2.24, 2.45) is 5.73 Å². The number of nitrogens with two attached hydrogens (primary N) is 1. The highest BCUT2D eigenvalue weighted by Gasteiger charge is 2.24. The van der Waals surface area contributed by atoms with Gasteiger partial charge in [0, 0.05) is 26.2 Å². The summed E-state index contributed by atoms with van der Waals surface area (Å²) in [5.41, 5.74) is 8.85. The zero-order chi connectivity index (χ0) is 21.2. The zero-order valence-electron chi connectivity index (χ0n) is 17.1. The Balaban J connectivity index is 1.66. The Labute approximate surface area is 179 Å². The fraction of sp³-hybridized carbons (Fsp3) is 0.250. The average molecular weight is 424 g/mol. The summed E-state index contributed by atoms with van der Waals surface area (Å²) in [6, 6.07) is 26.9. The van der Waals surface area contributed by atoms with Gasteiger partial charge in [-0.15, -0.1) is 0 Å². The number of nitrogens with one attached hydrogen (secondary N) is 1. The number of rotatable bonds is 11. The lowest BCUT2D eigenvalue weighted by molar-refractivity contribution is 0.402. The summed E-state index contributed by atoms with van der Waals surface area (Å²) in [6.45, 7) is 2.63. The van der Waals surface area contributed by atoms with Crippen molar-refractivity contribution in [2.45, 2.75) is 31.0 Å². The lowest BCUT2D eigenvalue weighted by Gasteiger charge is -2.22. The molecule has 0 aliphatic heterocycles. The molecule has 0 spiro atoms. The second-order valence-corrected chi connectivity index (χ2v) is 9.14. The molecule has 0 amide bonds. The SMILES string of the molecule is NCCCN(Cc1ccccc1)S(=O)(=O)c1ccc(CNCc2ccccc2)cc1. The van der Waals surface area contributed by atoms with Gasteiger partial charge in [-0.25, -0.2) is 8.42 Å². The standard InChI is InChI=1S/C24H29N3O2S/c25-16-7-17-27(20-23-10-5-2-6-11-23)30(28,29)24-14-12-22(13-15-24)19-26-18-21-8-3-1-4-9-21/h1-6,8-15,26H,7,16-20,25H2. The minimum absolute atomic E-state index is 0.308. The van der Waals surface area contributed by atoms with Gasteiger partial charge in [0.05, 0.1) is 4.90 Å². The quantitative estimate of drug-likeness (QED) is 0.495. The van der Waals surface area contributed by atoms with Crippen molar-refractivity contribution in [2.75, 3.05) is 13.1 Å². The smallest absolute Gasteiger partial charge is 0.243 e. The molecule has 3 aromatic carbocycles. The van der Waals surface area contributed by atoms with Gasteiger partial charge < -0.3 is 11.1 Å². The molecule has 3 aromatic rings. The highest BCUT2D eigenvalue weighted by atomic mass is 32.2. The van der Waals surface area contributed by atoms with Crippen LogP contribution in [0.2, 0.25) is 0 Å². The topological polar surface area (TPSA) is 75.4 Å². The molecule has 3 N–H and O–H groups in total. The molecule has 3 rings (SSSR count). The molecule has 6 heteroatoms. The Morgan fingerprint density at radius 2 is 1.27 bits per heavy atom. The molecule has 0 atom stereocenters. The maximum Gasteiger partial charge on any atom is 0.243 e. The van der Waals surface area contributed by atoms with Gasteiger partial charge in [-0.1, -0.05) is 72.8 Å². The average Bonchev–Trinajstić information content (AvgIpc) is 2.78. The molecule has 0 unspecified atom stereocenters. The molecule has 0 aliphatic carbocycles. The Bertz CT molecular complexity index is 992. The number of hydrogen-bond acceptors (Lipinski definition) is 4. The van der Waals surface area contributed by atoms with Crippen LogP contribution in [0.1, 0.15) is 23.1 Å². The molecular weight excluding hydrogens is 394 g/mol. The molecule has 0 bridgehead atoms. The van der Waals surface area contributed by atoms with Crippen molar-refractivity contribution in [1.82, 2.24) is 9.62 Å². The third kappa shape index (κ3) is 6.24. The first-order valence-electron chi connectivity index (χ1n) is 10.2. The van der Waals surface area contributed by atoms with Gasteiger partial charge >= 0.3 is 0 Å². The predicted molar refractivity (Wildman–Crippen MR) is 121 cm³/mol. The number of nitrogens with zero attached hydrogens (tertiary/aromatic N) is 1. The summed E-state index contributed by atoms with van der Waals surface area (Å²) in [7, 11) is -3.59. The van der Waals surface area contributed by atoms with Crippen molar-refractivity contribution in [1.29, 1.82) is 0 Å². The minimum Gasteiger partial charge on any atom is -0.330 e. The third-order valence-electron chi connectivity index (χ3n) is 4.88. The molecule has 5 nitrogen and oxygen atoms in total. The maximum atomic E-state index is 13.2. The van der Waals surface area contributed by atoms with E-state index in [4.69, 9.17) is 5.73 Å². The molecule has 0 aliphatic rings. The van der Waals surface area contributed by atoms with Crippen LogP contribution in [0.3, 0.4) is 0 Å². The number of sulfonamides is 1. The zero-order valence-corrected chi connectivity index (χ0v) is 17.9. The molecule has 0 heterocycles. The summed E-state index contributed by atoms with van der Waals surface area (Å²) in [6.07, 6.45) is 0.619. The minimum atomic E-state index is -3.59. The number of benzene rings is 3. The summed E-state index contributed by atoms with van der Waals surface area (Å²) in [4.78, 5) is 0.308. The Morgan fingerprint density at radius 1 is 0.733 bits per heavy atom. The molecule has 0 radical (unpaired) electrons. The Kier molecular flexibility index (Phi) is 8.16.